The predicted molar refractivity (Wildman–Crippen MR) is 43.1 cm³/mol. The van der Waals surface area contributed by atoms with E-state index in [9.17, 15) is 4.79 Å². The van der Waals surface area contributed by atoms with E-state index in [1.54, 1.807) is 0 Å². The van der Waals surface area contributed by atoms with Crippen molar-refractivity contribution >= 4 is 6.09 Å². The average molecular weight is 174 g/mol. The highest BCUT2D eigenvalue weighted by atomic mass is 16.4. The van der Waals surface area contributed by atoms with Crippen molar-refractivity contribution in [3.8, 4) is 0 Å². The van der Waals surface area contributed by atoms with E-state index in [1.165, 1.54) is 4.90 Å². The van der Waals surface area contributed by atoms with Crippen LogP contribution in [0.2, 0.25) is 0 Å². The summed E-state index contributed by atoms with van der Waals surface area (Å²) in [5.74, 6) is 0. The van der Waals surface area contributed by atoms with Crippen LogP contribution in [0.3, 0.4) is 0 Å². The van der Waals surface area contributed by atoms with Gasteiger partial charge < -0.3 is 20.4 Å². The lowest BCUT2D eigenvalue weighted by Gasteiger charge is -2.36. The largest absolute Gasteiger partial charge is 0.465 e. The summed E-state index contributed by atoms with van der Waals surface area (Å²) in [6, 6.07) is -0.123. The SMILES string of the molecule is CC1CNC(CO)CN1C(=O)O. The number of hydrogen-bond acceptors (Lipinski definition) is 3. The molecular weight excluding hydrogens is 160 g/mol. The Balaban J connectivity index is 2.53. The molecule has 0 aliphatic carbocycles. The number of nitrogens with one attached hydrogen (secondary N) is 1. The van der Waals surface area contributed by atoms with E-state index in [0.29, 0.717) is 13.1 Å². The van der Waals surface area contributed by atoms with E-state index < -0.39 is 6.09 Å². The smallest absolute Gasteiger partial charge is 0.407 e. The number of nitrogens with zero attached hydrogens (tertiary/aromatic N) is 1. The van der Waals surface area contributed by atoms with Crippen molar-refractivity contribution in [3.63, 3.8) is 0 Å². The zero-order chi connectivity index (χ0) is 9.14. The zero-order valence-corrected chi connectivity index (χ0v) is 7.03. The lowest BCUT2D eigenvalue weighted by Crippen LogP contribution is -2.58. The number of rotatable bonds is 1. The van der Waals surface area contributed by atoms with Gasteiger partial charge >= 0.3 is 6.09 Å². The van der Waals surface area contributed by atoms with Gasteiger partial charge in [-0.1, -0.05) is 0 Å². The van der Waals surface area contributed by atoms with Crippen LogP contribution in [0.4, 0.5) is 4.79 Å². The summed E-state index contributed by atoms with van der Waals surface area (Å²) in [6.07, 6.45) is -0.914. The van der Waals surface area contributed by atoms with Crippen LogP contribution in [0.25, 0.3) is 0 Å². The summed E-state index contributed by atoms with van der Waals surface area (Å²) in [6.45, 7) is 2.80. The van der Waals surface area contributed by atoms with Crippen LogP contribution >= 0.6 is 0 Å². The first-order valence-corrected chi connectivity index (χ1v) is 3.99. The maximum absolute atomic E-state index is 10.6. The van der Waals surface area contributed by atoms with Crippen LogP contribution in [-0.4, -0.2) is 53.0 Å². The summed E-state index contributed by atoms with van der Waals surface area (Å²) in [4.78, 5) is 12.0. The molecule has 1 fully saturated rings. The van der Waals surface area contributed by atoms with Crippen molar-refractivity contribution in [1.82, 2.24) is 10.2 Å². The molecule has 0 bridgehead atoms. The molecule has 2 atom stereocenters. The van der Waals surface area contributed by atoms with Gasteiger partial charge in [-0.25, -0.2) is 4.79 Å². The summed E-state index contributed by atoms with van der Waals surface area (Å²) in [7, 11) is 0. The van der Waals surface area contributed by atoms with E-state index in [4.69, 9.17) is 10.2 Å². The second kappa shape index (κ2) is 3.73. The van der Waals surface area contributed by atoms with Crippen LogP contribution in [-0.2, 0) is 0 Å². The zero-order valence-electron chi connectivity index (χ0n) is 7.03. The molecule has 1 amide bonds. The Labute approximate surface area is 71.0 Å². The first-order chi connectivity index (χ1) is 5.65. The molecule has 1 saturated heterocycles. The maximum Gasteiger partial charge on any atom is 0.407 e. The Hall–Kier alpha value is -0.810. The number of aliphatic hydroxyl groups is 1. The third-order valence-electron chi connectivity index (χ3n) is 2.12. The molecule has 12 heavy (non-hydrogen) atoms. The first-order valence-electron chi connectivity index (χ1n) is 3.99. The van der Waals surface area contributed by atoms with Gasteiger partial charge in [0.1, 0.15) is 0 Å². The molecular formula is C7H14N2O3. The summed E-state index contributed by atoms with van der Waals surface area (Å²) >= 11 is 0. The number of piperazine rings is 1. The third-order valence-corrected chi connectivity index (χ3v) is 2.12. The number of carboxylic acid groups (broad SMARTS) is 1. The number of carbonyl (C=O) groups is 1. The highest BCUT2D eigenvalue weighted by Gasteiger charge is 2.27. The van der Waals surface area contributed by atoms with Gasteiger partial charge in [0.2, 0.25) is 0 Å². The molecule has 1 aliphatic heterocycles. The fourth-order valence-electron chi connectivity index (χ4n) is 1.32. The molecule has 3 N–H and O–H groups in total. The average Bonchev–Trinajstić information content (AvgIpc) is 2.05. The second-order valence-corrected chi connectivity index (χ2v) is 3.07. The molecule has 0 aromatic rings. The number of aliphatic hydroxyl groups excluding tert-OH is 1. The van der Waals surface area contributed by atoms with Gasteiger partial charge in [0.05, 0.1) is 6.61 Å². The standard InChI is InChI=1S/C7H14N2O3/c1-5-2-8-6(4-10)3-9(5)7(11)12/h5-6,8,10H,2-4H2,1H3,(H,11,12). The van der Waals surface area contributed by atoms with Gasteiger partial charge in [0, 0.05) is 25.2 Å². The van der Waals surface area contributed by atoms with E-state index in [0.717, 1.165) is 0 Å². The molecule has 0 aromatic heterocycles. The molecule has 0 radical (unpaired) electrons. The van der Waals surface area contributed by atoms with Crippen molar-refractivity contribution < 1.29 is 15.0 Å². The molecule has 0 spiro atoms. The van der Waals surface area contributed by atoms with Gasteiger partial charge in [0.25, 0.3) is 0 Å². The van der Waals surface area contributed by atoms with E-state index in [2.05, 4.69) is 5.32 Å². The lowest BCUT2D eigenvalue weighted by molar-refractivity contribution is 0.0904. The van der Waals surface area contributed by atoms with Crippen molar-refractivity contribution in [2.75, 3.05) is 19.7 Å². The van der Waals surface area contributed by atoms with E-state index >= 15 is 0 Å². The topological polar surface area (TPSA) is 72.8 Å². The van der Waals surface area contributed by atoms with Crippen LogP contribution in [0.5, 0.6) is 0 Å². The Bertz CT molecular complexity index is 174. The fraction of sp³-hybridized carbons (Fsp3) is 0.857. The molecule has 0 aromatic carbocycles. The van der Waals surface area contributed by atoms with Crippen LogP contribution < -0.4 is 5.32 Å². The maximum atomic E-state index is 10.6. The van der Waals surface area contributed by atoms with Crippen LogP contribution in [0, 0.1) is 0 Å². The van der Waals surface area contributed by atoms with Gasteiger partial charge in [0.15, 0.2) is 0 Å². The van der Waals surface area contributed by atoms with Crippen molar-refractivity contribution in [1.29, 1.82) is 0 Å². The summed E-state index contributed by atoms with van der Waals surface area (Å²) < 4.78 is 0. The number of hydrogen-bond donors (Lipinski definition) is 3. The normalized spacial score (nSPS) is 30.3. The van der Waals surface area contributed by atoms with Crippen LogP contribution in [0.15, 0.2) is 0 Å². The van der Waals surface area contributed by atoms with E-state index in [-0.39, 0.29) is 18.7 Å². The van der Waals surface area contributed by atoms with Gasteiger partial charge in [-0.05, 0) is 6.92 Å². The quantitative estimate of drug-likeness (QED) is 0.492. The second-order valence-electron chi connectivity index (χ2n) is 3.07. The van der Waals surface area contributed by atoms with E-state index in [1.807, 2.05) is 6.92 Å². The summed E-state index contributed by atoms with van der Waals surface area (Å²) in [5.41, 5.74) is 0. The Morgan fingerprint density at radius 3 is 2.92 bits per heavy atom. The van der Waals surface area contributed by atoms with Crippen molar-refractivity contribution in [3.05, 3.63) is 0 Å². The first kappa shape index (κ1) is 9.28. The minimum atomic E-state index is -0.914. The molecule has 1 aliphatic rings. The van der Waals surface area contributed by atoms with Crippen LogP contribution in [0.1, 0.15) is 6.92 Å². The predicted octanol–water partition coefficient (Wildman–Crippen LogP) is -0.681. The molecule has 1 heterocycles. The minimum Gasteiger partial charge on any atom is -0.465 e. The van der Waals surface area contributed by atoms with Crippen molar-refractivity contribution in [2.24, 2.45) is 0 Å². The summed E-state index contributed by atoms with van der Waals surface area (Å²) in [5, 5.41) is 20.6. The Morgan fingerprint density at radius 2 is 2.42 bits per heavy atom. The monoisotopic (exact) mass is 174 g/mol. The fourth-order valence-corrected chi connectivity index (χ4v) is 1.32. The van der Waals surface area contributed by atoms with Crippen molar-refractivity contribution in [2.45, 2.75) is 19.0 Å². The molecule has 5 nitrogen and oxygen atoms in total. The van der Waals surface area contributed by atoms with Gasteiger partial charge in [-0.2, -0.15) is 0 Å². The van der Waals surface area contributed by atoms with Gasteiger partial charge in [-0.15, -0.1) is 0 Å². The lowest BCUT2D eigenvalue weighted by atomic mass is 10.1. The Morgan fingerprint density at radius 1 is 1.75 bits per heavy atom. The molecule has 70 valence electrons. The highest BCUT2D eigenvalue weighted by molar-refractivity contribution is 5.65. The minimum absolute atomic E-state index is 0.00898. The molecule has 2 unspecified atom stereocenters. The highest BCUT2D eigenvalue weighted by Crippen LogP contribution is 2.06. The Kier molecular flexibility index (Phi) is 2.88. The molecule has 0 saturated carbocycles. The molecule has 5 heteroatoms. The molecule has 1 rings (SSSR count). The third kappa shape index (κ3) is 1.86. The number of amides is 1. The van der Waals surface area contributed by atoms with Gasteiger partial charge in [-0.3, -0.25) is 0 Å².